The summed E-state index contributed by atoms with van der Waals surface area (Å²) in [6, 6.07) is 14.0. The summed E-state index contributed by atoms with van der Waals surface area (Å²) >= 11 is 0. The summed E-state index contributed by atoms with van der Waals surface area (Å²) in [6.45, 7) is 3.62. The fraction of sp³-hybridized carbons (Fsp3) is 0.227. The Morgan fingerprint density at radius 2 is 1.78 bits per heavy atom. The van der Waals surface area contributed by atoms with Crippen molar-refractivity contribution in [3.05, 3.63) is 54.2 Å². The molecule has 0 amide bonds. The van der Waals surface area contributed by atoms with Gasteiger partial charge in [0.05, 0.1) is 18.5 Å². The fourth-order valence-electron chi connectivity index (χ4n) is 2.95. The van der Waals surface area contributed by atoms with Crippen LogP contribution in [0.3, 0.4) is 0 Å². The minimum atomic E-state index is -1.82. The van der Waals surface area contributed by atoms with Crippen molar-refractivity contribution in [3.8, 4) is 28.5 Å². The summed E-state index contributed by atoms with van der Waals surface area (Å²) in [5, 5.41) is 18.2. The molecule has 10 nitrogen and oxygen atoms in total. The zero-order valence-corrected chi connectivity index (χ0v) is 17.6. The van der Waals surface area contributed by atoms with E-state index in [1.165, 1.54) is 5.56 Å². The smallest absolute Gasteiger partial charge is 0.414 e. The predicted octanol–water partition coefficient (Wildman–Crippen LogP) is 2.98. The molecule has 0 bridgehead atoms. The van der Waals surface area contributed by atoms with Crippen LogP contribution >= 0.6 is 0 Å². The number of carboxylic acid groups (broad SMARTS) is 2. The van der Waals surface area contributed by atoms with Crippen LogP contribution < -0.4 is 19.5 Å². The Morgan fingerprint density at radius 1 is 1.09 bits per heavy atom. The fourth-order valence-corrected chi connectivity index (χ4v) is 2.95. The number of benzene rings is 2. The second-order valence-electron chi connectivity index (χ2n) is 6.63. The molecule has 1 aliphatic rings. The van der Waals surface area contributed by atoms with Gasteiger partial charge in [0, 0.05) is 19.2 Å². The van der Waals surface area contributed by atoms with E-state index in [2.05, 4.69) is 22.4 Å². The van der Waals surface area contributed by atoms with Gasteiger partial charge in [-0.25, -0.2) is 14.6 Å². The van der Waals surface area contributed by atoms with Crippen molar-refractivity contribution in [2.75, 3.05) is 18.7 Å². The van der Waals surface area contributed by atoms with Crippen molar-refractivity contribution >= 4 is 17.9 Å². The first-order chi connectivity index (χ1) is 15.4. The monoisotopic (exact) mass is 441 g/mol. The maximum atomic E-state index is 9.10. The Balaban J connectivity index is 0.000000427. The van der Waals surface area contributed by atoms with Gasteiger partial charge in [-0.3, -0.25) is 0 Å². The third-order valence-corrected chi connectivity index (χ3v) is 4.52. The molecular weight excluding hydrogens is 418 g/mol. The third-order valence-electron chi connectivity index (χ3n) is 4.52. The van der Waals surface area contributed by atoms with E-state index in [0.29, 0.717) is 13.2 Å². The number of nitrogens with one attached hydrogen (secondary N) is 1. The van der Waals surface area contributed by atoms with Crippen LogP contribution in [0.15, 0.2) is 48.7 Å². The van der Waals surface area contributed by atoms with Gasteiger partial charge in [-0.05, 0) is 42.8 Å². The SMILES string of the molecule is CCOc1ccc(CNc2ncc(-c3ccc4c(c3)OCO4)n2C)cc1.O=C(O)C(=O)O. The normalized spacial score (nSPS) is 11.3. The summed E-state index contributed by atoms with van der Waals surface area (Å²) in [5.74, 6) is -0.396. The molecule has 1 aromatic heterocycles. The summed E-state index contributed by atoms with van der Waals surface area (Å²) in [5.41, 5.74) is 3.22. The van der Waals surface area contributed by atoms with Gasteiger partial charge in [0.15, 0.2) is 11.5 Å². The van der Waals surface area contributed by atoms with Crippen LogP contribution in [0, 0.1) is 0 Å². The third kappa shape index (κ3) is 5.48. The molecule has 10 heteroatoms. The second-order valence-corrected chi connectivity index (χ2v) is 6.63. The van der Waals surface area contributed by atoms with Gasteiger partial charge < -0.3 is 34.3 Å². The van der Waals surface area contributed by atoms with Crippen LogP contribution in [0.2, 0.25) is 0 Å². The minimum absolute atomic E-state index is 0.277. The van der Waals surface area contributed by atoms with E-state index in [1.807, 2.05) is 55.1 Å². The highest BCUT2D eigenvalue weighted by atomic mass is 16.7. The molecule has 0 spiro atoms. The predicted molar refractivity (Wildman–Crippen MR) is 115 cm³/mol. The first kappa shape index (κ1) is 22.5. The number of ether oxygens (including phenoxy) is 3. The van der Waals surface area contributed by atoms with Crippen molar-refractivity contribution < 1.29 is 34.0 Å². The lowest BCUT2D eigenvalue weighted by molar-refractivity contribution is -0.159. The average Bonchev–Trinajstić information content (AvgIpc) is 3.39. The number of carboxylic acids is 2. The molecule has 32 heavy (non-hydrogen) atoms. The highest BCUT2D eigenvalue weighted by Crippen LogP contribution is 2.36. The number of nitrogens with zero attached hydrogens (tertiary/aromatic N) is 2. The van der Waals surface area contributed by atoms with E-state index in [1.54, 1.807) is 0 Å². The number of fused-ring (bicyclic) bond motifs is 1. The van der Waals surface area contributed by atoms with Crippen molar-refractivity contribution in [3.63, 3.8) is 0 Å². The molecule has 0 atom stereocenters. The maximum Gasteiger partial charge on any atom is 0.414 e. The second kappa shape index (κ2) is 10.2. The van der Waals surface area contributed by atoms with Crippen LogP contribution in [-0.2, 0) is 23.2 Å². The lowest BCUT2D eigenvalue weighted by atomic mass is 10.1. The first-order valence-electron chi connectivity index (χ1n) is 9.72. The van der Waals surface area contributed by atoms with Crippen LogP contribution in [0.4, 0.5) is 5.95 Å². The number of carbonyl (C=O) groups is 2. The minimum Gasteiger partial charge on any atom is -0.494 e. The molecule has 1 aliphatic heterocycles. The van der Waals surface area contributed by atoms with Crippen molar-refractivity contribution in [2.45, 2.75) is 13.5 Å². The van der Waals surface area contributed by atoms with Gasteiger partial charge in [0.1, 0.15) is 5.75 Å². The van der Waals surface area contributed by atoms with Gasteiger partial charge in [0.25, 0.3) is 0 Å². The van der Waals surface area contributed by atoms with Crippen LogP contribution in [-0.4, -0.2) is 45.1 Å². The highest BCUT2D eigenvalue weighted by Gasteiger charge is 2.16. The lowest BCUT2D eigenvalue weighted by Crippen LogP contribution is -2.09. The van der Waals surface area contributed by atoms with Gasteiger partial charge >= 0.3 is 11.9 Å². The molecule has 0 aliphatic carbocycles. The standard InChI is InChI=1S/C20H21N3O3.C2H2O4/c1-3-24-16-7-4-14(5-8-16)11-21-20-22-12-17(23(20)2)15-6-9-18-19(10-15)26-13-25-18;3-1(4)2(5)6/h4-10,12H,3,11,13H2,1-2H3,(H,21,22);(H,3,4)(H,5,6). The Labute approximate surface area is 184 Å². The molecule has 3 aromatic rings. The molecule has 4 rings (SSSR count). The molecule has 0 radical (unpaired) electrons. The number of aromatic nitrogens is 2. The van der Waals surface area contributed by atoms with Crippen LogP contribution in [0.5, 0.6) is 17.2 Å². The van der Waals surface area contributed by atoms with Crippen molar-refractivity contribution in [1.82, 2.24) is 9.55 Å². The van der Waals surface area contributed by atoms with Gasteiger partial charge in [-0.2, -0.15) is 0 Å². The Morgan fingerprint density at radius 3 is 2.44 bits per heavy atom. The molecule has 2 heterocycles. The maximum absolute atomic E-state index is 9.10. The lowest BCUT2D eigenvalue weighted by Gasteiger charge is -2.09. The zero-order chi connectivity index (χ0) is 23.1. The summed E-state index contributed by atoms with van der Waals surface area (Å²) < 4.78 is 18.3. The number of hydrogen-bond donors (Lipinski definition) is 3. The van der Waals surface area contributed by atoms with E-state index in [0.717, 1.165) is 34.5 Å². The quantitative estimate of drug-likeness (QED) is 0.494. The van der Waals surface area contributed by atoms with Crippen LogP contribution in [0.1, 0.15) is 12.5 Å². The summed E-state index contributed by atoms with van der Waals surface area (Å²) in [4.78, 5) is 22.7. The molecule has 0 saturated heterocycles. The first-order valence-corrected chi connectivity index (χ1v) is 9.72. The average molecular weight is 441 g/mol. The number of aliphatic carboxylic acids is 2. The number of rotatable bonds is 6. The van der Waals surface area contributed by atoms with Crippen LogP contribution in [0.25, 0.3) is 11.3 Å². The molecule has 2 aromatic carbocycles. The van der Waals surface area contributed by atoms with Gasteiger partial charge in [-0.15, -0.1) is 0 Å². The topological polar surface area (TPSA) is 132 Å². The van der Waals surface area contributed by atoms with E-state index in [9.17, 15) is 0 Å². The number of hydrogen-bond acceptors (Lipinski definition) is 7. The van der Waals surface area contributed by atoms with E-state index in [-0.39, 0.29) is 6.79 Å². The Kier molecular flexibility index (Phi) is 7.17. The summed E-state index contributed by atoms with van der Waals surface area (Å²) in [6.07, 6.45) is 1.86. The van der Waals surface area contributed by atoms with E-state index < -0.39 is 11.9 Å². The Hall–Kier alpha value is -4.21. The van der Waals surface area contributed by atoms with E-state index in [4.69, 9.17) is 34.0 Å². The van der Waals surface area contributed by atoms with E-state index >= 15 is 0 Å². The van der Waals surface area contributed by atoms with Gasteiger partial charge in [0.2, 0.25) is 12.7 Å². The molecular formula is C22H23N3O7. The summed E-state index contributed by atoms with van der Waals surface area (Å²) in [7, 11) is 1.99. The van der Waals surface area contributed by atoms with Gasteiger partial charge in [-0.1, -0.05) is 12.1 Å². The number of imidazole rings is 1. The molecule has 0 unspecified atom stereocenters. The van der Waals surface area contributed by atoms with Crippen molar-refractivity contribution in [1.29, 1.82) is 0 Å². The molecule has 168 valence electrons. The molecule has 0 saturated carbocycles. The van der Waals surface area contributed by atoms with Crippen molar-refractivity contribution in [2.24, 2.45) is 7.05 Å². The largest absolute Gasteiger partial charge is 0.494 e. The Bertz CT molecular complexity index is 1080. The highest BCUT2D eigenvalue weighted by molar-refractivity contribution is 6.27. The zero-order valence-electron chi connectivity index (χ0n) is 17.6. The molecule has 3 N–H and O–H groups in total. The molecule has 0 fully saturated rings. The number of anilines is 1.